The number of hydrogen-bond donors (Lipinski definition) is 1. The molecule has 1 aromatic rings. The molecular weight excluding hydrogens is 317 g/mol. The molecule has 4 aliphatic carbocycles. The predicted molar refractivity (Wildman–Crippen MR) is 83.7 cm³/mol. The fraction of sp³-hybridized carbons (Fsp3) is 0.611. The number of nitrogens with two attached hydrogens (primary N) is 1. The van der Waals surface area contributed by atoms with Crippen molar-refractivity contribution < 1.29 is 18.0 Å². The van der Waals surface area contributed by atoms with E-state index in [1.807, 2.05) is 0 Å². The number of carbonyl (C=O) groups excluding carboxylic acids is 1. The number of halogens is 3. The van der Waals surface area contributed by atoms with Gasteiger partial charge in [0.1, 0.15) is 0 Å². The maximum atomic E-state index is 13.1. The van der Waals surface area contributed by atoms with E-state index in [9.17, 15) is 18.0 Å². The third-order valence-corrected chi connectivity index (χ3v) is 6.16. The Hall–Kier alpha value is -1.56. The summed E-state index contributed by atoms with van der Waals surface area (Å²) in [4.78, 5) is 13.1. The van der Waals surface area contributed by atoms with Crippen molar-refractivity contribution in [2.75, 3.05) is 5.01 Å². The minimum absolute atomic E-state index is 0.116. The van der Waals surface area contributed by atoms with Gasteiger partial charge in [-0.25, -0.2) is 10.9 Å². The maximum Gasteiger partial charge on any atom is 0.416 e. The first-order valence-corrected chi connectivity index (χ1v) is 8.53. The van der Waals surface area contributed by atoms with E-state index in [1.54, 1.807) is 0 Å². The fourth-order valence-electron chi connectivity index (χ4n) is 5.58. The minimum Gasteiger partial charge on any atom is -0.272 e. The molecule has 3 nitrogen and oxygen atoms in total. The van der Waals surface area contributed by atoms with E-state index in [-0.39, 0.29) is 11.6 Å². The molecule has 130 valence electrons. The summed E-state index contributed by atoms with van der Waals surface area (Å²) in [5, 5.41) is 0.961. The van der Waals surface area contributed by atoms with E-state index >= 15 is 0 Å². The van der Waals surface area contributed by atoms with Crippen LogP contribution in [0.1, 0.15) is 44.1 Å². The molecule has 6 heteroatoms. The first kappa shape index (κ1) is 15.9. The number of carbonyl (C=O) groups is 1. The van der Waals surface area contributed by atoms with Crippen molar-refractivity contribution >= 4 is 11.6 Å². The molecule has 4 fully saturated rings. The standard InChI is InChI=1S/C18H21F3N2O/c19-18(20,21)14-2-1-3-15(7-14)23(22)16(24)17-8-11-4-12(9-17)6-13(5-11)10-17/h1-3,7,11-13H,4-6,8-10,22H2. The quantitative estimate of drug-likeness (QED) is 0.501. The summed E-state index contributed by atoms with van der Waals surface area (Å²) >= 11 is 0. The molecule has 0 spiro atoms. The van der Waals surface area contributed by atoms with Gasteiger partial charge in [-0.3, -0.25) is 4.79 Å². The zero-order valence-corrected chi connectivity index (χ0v) is 13.4. The Morgan fingerprint density at radius 3 is 2.12 bits per heavy atom. The first-order chi connectivity index (χ1) is 11.3. The highest BCUT2D eigenvalue weighted by Crippen LogP contribution is 2.60. The molecule has 4 saturated carbocycles. The van der Waals surface area contributed by atoms with Gasteiger partial charge in [0.15, 0.2) is 0 Å². The van der Waals surface area contributed by atoms with Crippen LogP contribution in [0.15, 0.2) is 24.3 Å². The molecule has 4 bridgehead atoms. The maximum absolute atomic E-state index is 13.1. The van der Waals surface area contributed by atoms with Gasteiger partial charge in [0.2, 0.25) is 5.91 Å². The van der Waals surface area contributed by atoms with Gasteiger partial charge in [-0.15, -0.1) is 0 Å². The van der Waals surface area contributed by atoms with Gasteiger partial charge >= 0.3 is 6.18 Å². The van der Waals surface area contributed by atoms with Crippen LogP contribution >= 0.6 is 0 Å². The van der Waals surface area contributed by atoms with Crippen molar-refractivity contribution in [2.45, 2.75) is 44.7 Å². The van der Waals surface area contributed by atoms with E-state index in [0.717, 1.165) is 36.4 Å². The monoisotopic (exact) mass is 338 g/mol. The molecule has 5 rings (SSSR count). The molecular formula is C18H21F3N2O. The van der Waals surface area contributed by atoms with Gasteiger partial charge in [-0.05, 0) is 74.5 Å². The number of hydrogen-bond acceptors (Lipinski definition) is 2. The van der Waals surface area contributed by atoms with Gasteiger partial charge in [-0.2, -0.15) is 13.2 Å². The lowest BCUT2D eigenvalue weighted by Crippen LogP contribution is -2.56. The van der Waals surface area contributed by atoms with Crippen molar-refractivity contribution in [3.63, 3.8) is 0 Å². The van der Waals surface area contributed by atoms with Crippen LogP contribution in [0.2, 0.25) is 0 Å². The molecule has 0 aliphatic heterocycles. The van der Waals surface area contributed by atoms with Crippen LogP contribution in [0.25, 0.3) is 0 Å². The Labute approximate surface area is 139 Å². The second-order valence-electron chi connectivity index (χ2n) is 7.92. The molecule has 1 aromatic carbocycles. The first-order valence-electron chi connectivity index (χ1n) is 8.53. The molecule has 0 unspecified atom stereocenters. The zero-order valence-electron chi connectivity index (χ0n) is 13.4. The summed E-state index contributed by atoms with van der Waals surface area (Å²) in [6, 6.07) is 4.71. The predicted octanol–water partition coefficient (Wildman–Crippen LogP) is 4.13. The second kappa shape index (κ2) is 5.22. The Morgan fingerprint density at radius 2 is 1.62 bits per heavy atom. The number of nitrogens with zero attached hydrogens (tertiary/aromatic N) is 1. The largest absolute Gasteiger partial charge is 0.416 e. The van der Waals surface area contributed by atoms with Crippen molar-refractivity contribution in [2.24, 2.45) is 29.0 Å². The Kier molecular flexibility index (Phi) is 3.46. The normalized spacial score (nSPS) is 34.4. The van der Waals surface area contributed by atoms with Crippen molar-refractivity contribution in [3.8, 4) is 0 Å². The summed E-state index contributed by atoms with van der Waals surface area (Å²) in [6.45, 7) is 0. The zero-order chi connectivity index (χ0) is 17.1. The van der Waals surface area contributed by atoms with E-state index in [2.05, 4.69) is 0 Å². The van der Waals surface area contributed by atoms with Gasteiger partial charge in [0, 0.05) is 0 Å². The van der Waals surface area contributed by atoms with Crippen LogP contribution in [0.3, 0.4) is 0 Å². The van der Waals surface area contributed by atoms with E-state index in [0.29, 0.717) is 17.8 Å². The van der Waals surface area contributed by atoms with Crippen LogP contribution in [0, 0.1) is 23.2 Å². The molecule has 0 saturated heterocycles. The molecule has 1 amide bonds. The molecule has 0 atom stereocenters. The average Bonchev–Trinajstić information content (AvgIpc) is 2.51. The Morgan fingerprint density at radius 1 is 1.08 bits per heavy atom. The van der Waals surface area contributed by atoms with Crippen molar-refractivity contribution in [1.82, 2.24) is 0 Å². The highest BCUT2D eigenvalue weighted by Gasteiger charge is 2.55. The summed E-state index contributed by atoms with van der Waals surface area (Å²) in [7, 11) is 0. The Bertz CT molecular complexity index is 635. The SMILES string of the molecule is NN(C(=O)C12CC3CC(CC(C3)C1)C2)c1cccc(C(F)(F)F)c1. The number of alkyl halides is 3. The molecule has 0 aromatic heterocycles. The lowest BCUT2D eigenvalue weighted by molar-refractivity contribution is -0.143. The molecule has 24 heavy (non-hydrogen) atoms. The highest BCUT2D eigenvalue weighted by atomic mass is 19.4. The van der Waals surface area contributed by atoms with Crippen LogP contribution in [-0.2, 0) is 11.0 Å². The molecule has 0 heterocycles. The van der Waals surface area contributed by atoms with E-state index in [4.69, 9.17) is 5.84 Å². The van der Waals surface area contributed by atoms with Crippen molar-refractivity contribution in [3.05, 3.63) is 29.8 Å². The smallest absolute Gasteiger partial charge is 0.272 e. The Balaban J connectivity index is 1.61. The minimum atomic E-state index is -4.44. The summed E-state index contributed by atoms with van der Waals surface area (Å²) in [5.74, 6) is 7.52. The van der Waals surface area contributed by atoms with Crippen LogP contribution in [0.5, 0.6) is 0 Å². The summed E-state index contributed by atoms with van der Waals surface area (Å²) in [5.41, 5.74) is -1.13. The van der Waals surface area contributed by atoms with Gasteiger partial charge in [-0.1, -0.05) is 6.07 Å². The van der Waals surface area contributed by atoms with Gasteiger partial charge < -0.3 is 0 Å². The third kappa shape index (κ3) is 2.51. The third-order valence-electron chi connectivity index (χ3n) is 6.16. The highest BCUT2D eigenvalue weighted by molar-refractivity contribution is 5.97. The molecule has 2 N–H and O–H groups in total. The van der Waals surface area contributed by atoms with Crippen molar-refractivity contribution in [1.29, 1.82) is 0 Å². The second-order valence-corrected chi connectivity index (χ2v) is 7.92. The summed E-state index contributed by atoms with van der Waals surface area (Å²) in [6.07, 6.45) is 1.65. The van der Waals surface area contributed by atoms with Crippen LogP contribution in [0.4, 0.5) is 18.9 Å². The van der Waals surface area contributed by atoms with E-state index < -0.39 is 17.2 Å². The number of hydrazine groups is 1. The fourth-order valence-corrected chi connectivity index (χ4v) is 5.58. The van der Waals surface area contributed by atoms with Crippen LogP contribution in [-0.4, -0.2) is 5.91 Å². The molecule has 0 radical (unpaired) electrons. The van der Waals surface area contributed by atoms with Crippen LogP contribution < -0.4 is 10.9 Å². The number of benzene rings is 1. The summed E-state index contributed by atoms with van der Waals surface area (Å²) < 4.78 is 38.7. The topological polar surface area (TPSA) is 46.3 Å². The molecule has 4 aliphatic rings. The number of amides is 1. The van der Waals surface area contributed by atoms with Gasteiger partial charge in [0.25, 0.3) is 0 Å². The van der Waals surface area contributed by atoms with E-state index in [1.165, 1.54) is 31.4 Å². The van der Waals surface area contributed by atoms with Gasteiger partial charge in [0.05, 0.1) is 16.7 Å². The number of anilines is 1. The number of rotatable bonds is 2. The lowest BCUT2D eigenvalue weighted by Gasteiger charge is -2.56. The average molecular weight is 338 g/mol. The lowest BCUT2D eigenvalue weighted by atomic mass is 9.49.